The van der Waals surface area contributed by atoms with Gasteiger partial charge in [0.2, 0.25) is 11.9 Å². The van der Waals surface area contributed by atoms with E-state index in [0.717, 1.165) is 17.1 Å². The molecule has 5 nitrogen and oxygen atoms in total. The third-order valence-corrected chi connectivity index (χ3v) is 2.69. The number of carbonyl (C=O) groups excluding carboxylic acids is 1. The van der Waals surface area contributed by atoms with Gasteiger partial charge < -0.3 is 10.6 Å². The molecule has 21 heavy (non-hydrogen) atoms. The molecule has 0 aliphatic rings. The number of hydrogen-bond acceptors (Lipinski definition) is 4. The number of nitrogens with one attached hydrogen (secondary N) is 2. The van der Waals surface area contributed by atoms with Crippen LogP contribution in [0.2, 0.25) is 0 Å². The van der Waals surface area contributed by atoms with Gasteiger partial charge in [-0.3, -0.25) is 4.79 Å². The highest BCUT2D eigenvalue weighted by Crippen LogP contribution is 2.18. The van der Waals surface area contributed by atoms with E-state index in [4.69, 9.17) is 0 Å². The Bertz CT molecular complexity index is 659. The fraction of sp³-hybridized carbons (Fsp3) is 0.188. The first-order valence-electron chi connectivity index (χ1n) is 6.70. The van der Waals surface area contributed by atoms with E-state index in [-0.39, 0.29) is 5.91 Å². The van der Waals surface area contributed by atoms with Crippen molar-refractivity contribution in [1.82, 2.24) is 9.97 Å². The lowest BCUT2D eigenvalue weighted by atomic mass is 10.2. The molecule has 2 N–H and O–H groups in total. The van der Waals surface area contributed by atoms with E-state index in [2.05, 4.69) is 20.6 Å². The highest BCUT2D eigenvalue weighted by atomic mass is 16.1. The van der Waals surface area contributed by atoms with Gasteiger partial charge in [0.25, 0.3) is 0 Å². The molecular weight excluding hydrogens is 264 g/mol. The van der Waals surface area contributed by atoms with E-state index >= 15 is 0 Å². The van der Waals surface area contributed by atoms with Gasteiger partial charge in [-0.1, -0.05) is 12.1 Å². The lowest BCUT2D eigenvalue weighted by Crippen LogP contribution is -2.08. The fourth-order valence-electron chi connectivity index (χ4n) is 1.92. The number of aryl methyl sites for hydroxylation is 2. The molecule has 0 spiro atoms. The Morgan fingerprint density at radius 2 is 1.76 bits per heavy atom. The zero-order valence-corrected chi connectivity index (χ0v) is 12.3. The van der Waals surface area contributed by atoms with Crippen LogP contribution in [0.3, 0.4) is 0 Å². The van der Waals surface area contributed by atoms with Gasteiger partial charge in [-0.2, -0.15) is 0 Å². The predicted molar refractivity (Wildman–Crippen MR) is 84.7 cm³/mol. The van der Waals surface area contributed by atoms with Crippen LogP contribution in [0.1, 0.15) is 18.3 Å². The third kappa shape index (κ3) is 4.42. The molecule has 0 bridgehead atoms. The van der Waals surface area contributed by atoms with E-state index in [1.807, 2.05) is 44.2 Å². The zero-order chi connectivity index (χ0) is 15.2. The highest BCUT2D eigenvalue weighted by Gasteiger charge is 2.02. The standard InChI is InChI=1S/C16H18N4O/c1-4-6-15(21)19-13-7-5-8-14(10-13)20-16-17-11(2)9-12(3)18-16/h4-10H,1-3H3,(H,19,21)(H,17,18,20)/b6-4+. The number of aromatic nitrogens is 2. The summed E-state index contributed by atoms with van der Waals surface area (Å²) < 4.78 is 0. The van der Waals surface area contributed by atoms with Gasteiger partial charge in [-0.25, -0.2) is 9.97 Å². The van der Waals surface area contributed by atoms with E-state index < -0.39 is 0 Å². The molecule has 0 saturated carbocycles. The predicted octanol–water partition coefficient (Wildman–Crippen LogP) is 3.35. The molecule has 1 aromatic carbocycles. The lowest BCUT2D eigenvalue weighted by Gasteiger charge is -2.08. The first kappa shape index (κ1) is 14.7. The van der Waals surface area contributed by atoms with Gasteiger partial charge in [0.05, 0.1) is 0 Å². The van der Waals surface area contributed by atoms with Crippen molar-refractivity contribution >= 4 is 23.2 Å². The molecule has 2 rings (SSSR count). The minimum absolute atomic E-state index is 0.155. The van der Waals surface area contributed by atoms with Crippen LogP contribution in [0.4, 0.5) is 17.3 Å². The summed E-state index contributed by atoms with van der Waals surface area (Å²) in [4.78, 5) is 20.2. The van der Waals surface area contributed by atoms with Crippen molar-refractivity contribution in [1.29, 1.82) is 0 Å². The summed E-state index contributed by atoms with van der Waals surface area (Å²) in [5.74, 6) is 0.390. The van der Waals surface area contributed by atoms with Crippen LogP contribution in [-0.4, -0.2) is 15.9 Å². The molecule has 0 aliphatic heterocycles. The van der Waals surface area contributed by atoms with Crippen molar-refractivity contribution in [2.24, 2.45) is 0 Å². The summed E-state index contributed by atoms with van der Waals surface area (Å²) in [5, 5.41) is 5.92. The van der Waals surface area contributed by atoms with Gasteiger partial charge in [0, 0.05) is 22.8 Å². The van der Waals surface area contributed by atoms with Crippen LogP contribution in [0.25, 0.3) is 0 Å². The molecule has 2 aromatic rings. The molecule has 1 aromatic heterocycles. The van der Waals surface area contributed by atoms with E-state index in [0.29, 0.717) is 11.6 Å². The Morgan fingerprint density at radius 1 is 1.10 bits per heavy atom. The highest BCUT2D eigenvalue weighted by molar-refractivity contribution is 5.99. The molecule has 0 unspecified atom stereocenters. The van der Waals surface area contributed by atoms with Gasteiger partial charge in [0.15, 0.2) is 0 Å². The number of carbonyl (C=O) groups is 1. The van der Waals surface area contributed by atoms with Gasteiger partial charge in [0.1, 0.15) is 0 Å². The zero-order valence-electron chi connectivity index (χ0n) is 12.3. The van der Waals surface area contributed by atoms with Crippen LogP contribution in [-0.2, 0) is 4.79 Å². The second kappa shape index (κ2) is 6.65. The van der Waals surface area contributed by atoms with E-state index in [9.17, 15) is 4.79 Å². The second-order valence-corrected chi connectivity index (χ2v) is 4.67. The quantitative estimate of drug-likeness (QED) is 0.844. The SMILES string of the molecule is C/C=C/C(=O)Nc1cccc(Nc2nc(C)cc(C)n2)c1. The number of allylic oxidation sites excluding steroid dienone is 1. The average Bonchev–Trinajstić information content (AvgIpc) is 2.37. The minimum Gasteiger partial charge on any atom is -0.324 e. The van der Waals surface area contributed by atoms with Crippen LogP contribution in [0, 0.1) is 13.8 Å². The van der Waals surface area contributed by atoms with Crippen molar-refractivity contribution in [3.05, 3.63) is 53.9 Å². The summed E-state index contributed by atoms with van der Waals surface area (Å²) in [5.41, 5.74) is 3.34. The van der Waals surface area contributed by atoms with E-state index in [1.54, 1.807) is 13.0 Å². The summed E-state index contributed by atoms with van der Waals surface area (Å²) in [6.07, 6.45) is 3.17. The van der Waals surface area contributed by atoms with Crippen molar-refractivity contribution in [3.8, 4) is 0 Å². The minimum atomic E-state index is -0.155. The third-order valence-electron chi connectivity index (χ3n) is 2.69. The van der Waals surface area contributed by atoms with Crippen LogP contribution in [0.5, 0.6) is 0 Å². The number of nitrogens with zero attached hydrogens (tertiary/aromatic N) is 2. The number of anilines is 3. The molecule has 108 valence electrons. The fourth-order valence-corrected chi connectivity index (χ4v) is 1.92. The lowest BCUT2D eigenvalue weighted by molar-refractivity contribution is -0.111. The average molecular weight is 282 g/mol. The Hall–Kier alpha value is -2.69. The maximum absolute atomic E-state index is 11.5. The Kier molecular flexibility index (Phi) is 4.66. The Morgan fingerprint density at radius 3 is 2.43 bits per heavy atom. The summed E-state index contributed by atoms with van der Waals surface area (Å²) in [6.45, 7) is 5.65. The molecule has 0 aliphatic carbocycles. The topological polar surface area (TPSA) is 66.9 Å². The van der Waals surface area contributed by atoms with E-state index in [1.165, 1.54) is 6.08 Å². The number of rotatable bonds is 4. The molecule has 0 atom stereocenters. The molecular formula is C16H18N4O. The summed E-state index contributed by atoms with van der Waals surface area (Å²) in [7, 11) is 0. The van der Waals surface area contributed by atoms with Crippen molar-refractivity contribution in [2.75, 3.05) is 10.6 Å². The van der Waals surface area contributed by atoms with Gasteiger partial charge >= 0.3 is 0 Å². The van der Waals surface area contributed by atoms with Crippen molar-refractivity contribution < 1.29 is 4.79 Å². The maximum Gasteiger partial charge on any atom is 0.248 e. The maximum atomic E-state index is 11.5. The van der Waals surface area contributed by atoms with Crippen molar-refractivity contribution in [3.63, 3.8) is 0 Å². The summed E-state index contributed by atoms with van der Waals surface area (Å²) in [6, 6.07) is 9.33. The second-order valence-electron chi connectivity index (χ2n) is 4.67. The first-order valence-corrected chi connectivity index (χ1v) is 6.70. The normalized spacial score (nSPS) is 10.6. The molecule has 0 saturated heterocycles. The number of amides is 1. The monoisotopic (exact) mass is 282 g/mol. The summed E-state index contributed by atoms with van der Waals surface area (Å²) >= 11 is 0. The van der Waals surface area contributed by atoms with Crippen LogP contribution in [0.15, 0.2) is 42.5 Å². The number of hydrogen-bond donors (Lipinski definition) is 2. The van der Waals surface area contributed by atoms with Gasteiger partial charge in [-0.15, -0.1) is 0 Å². The molecule has 1 amide bonds. The molecule has 1 heterocycles. The molecule has 0 radical (unpaired) electrons. The first-order chi connectivity index (χ1) is 10.1. The smallest absolute Gasteiger partial charge is 0.248 e. The molecule has 5 heteroatoms. The largest absolute Gasteiger partial charge is 0.324 e. The van der Waals surface area contributed by atoms with Crippen LogP contribution >= 0.6 is 0 Å². The van der Waals surface area contributed by atoms with Crippen LogP contribution < -0.4 is 10.6 Å². The van der Waals surface area contributed by atoms with Crippen molar-refractivity contribution in [2.45, 2.75) is 20.8 Å². The Labute approximate surface area is 124 Å². The number of benzene rings is 1. The van der Waals surface area contributed by atoms with Gasteiger partial charge in [-0.05, 0) is 51.1 Å². The molecule has 0 fully saturated rings. The Balaban J connectivity index is 2.15.